The van der Waals surface area contributed by atoms with Crippen molar-refractivity contribution in [1.82, 2.24) is 0 Å². The van der Waals surface area contributed by atoms with E-state index in [0.717, 1.165) is 0 Å². The maximum absolute atomic E-state index is 14.7. The molecule has 0 amide bonds. The molecule has 6 nitrogen and oxygen atoms in total. The van der Waals surface area contributed by atoms with E-state index in [4.69, 9.17) is 18.9 Å². The van der Waals surface area contributed by atoms with E-state index in [9.17, 15) is 14.0 Å². The van der Waals surface area contributed by atoms with Gasteiger partial charge in [-0.1, -0.05) is 36.4 Å². The second-order valence-electron chi connectivity index (χ2n) is 5.92. The van der Waals surface area contributed by atoms with E-state index in [1.165, 1.54) is 7.11 Å². The Balaban J connectivity index is 1.60. The number of carbonyl (C=O) groups excluding carboxylic acids is 2. The minimum absolute atomic E-state index is 0.290. The molecule has 27 heavy (non-hydrogen) atoms. The van der Waals surface area contributed by atoms with Crippen LogP contribution in [-0.2, 0) is 18.9 Å². The monoisotopic (exact) mass is 374 g/mol. The fourth-order valence-electron chi connectivity index (χ4n) is 2.71. The first-order valence-electron chi connectivity index (χ1n) is 8.40. The first-order valence-corrected chi connectivity index (χ1v) is 8.40. The van der Waals surface area contributed by atoms with Crippen LogP contribution in [0.3, 0.4) is 0 Å². The van der Waals surface area contributed by atoms with Gasteiger partial charge < -0.3 is 18.9 Å². The van der Waals surface area contributed by atoms with Crippen molar-refractivity contribution in [1.29, 1.82) is 0 Å². The molecule has 1 aliphatic rings. The molecular formula is C20H19FO6. The number of hydrogen-bond donors (Lipinski definition) is 0. The van der Waals surface area contributed by atoms with Crippen molar-refractivity contribution in [3.8, 4) is 0 Å². The Morgan fingerprint density at radius 2 is 1.52 bits per heavy atom. The lowest BCUT2D eigenvalue weighted by molar-refractivity contribution is -0.155. The molecule has 1 aliphatic heterocycles. The number of carbonyl (C=O) groups is 2. The summed E-state index contributed by atoms with van der Waals surface area (Å²) in [6.07, 6.45) is -5.15. The second kappa shape index (κ2) is 8.75. The second-order valence-corrected chi connectivity index (χ2v) is 5.92. The highest BCUT2D eigenvalue weighted by molar-refractivity contribution is 5.89. The number of hydrogen-bond acceptors (Lipinski definition) is 6. The molecule has 1 heterocycles. The van der Waals surface area contributed by atoms with Crippen LogP contribution in [0.4, 0.5) is 4.39 Å². The largest absolute Gasteiger partial charge is 0.459 e. The Morgan fingerprint density at radius 3 is 2.07 bits per heavy atom. The first kappa shape index (κ1) is 19.0. The zero-order chi connectivity index (χ0) is 19.2. The molecule has 2 aromatic carbocycles. The summed E-state index contributed by atoms with van der Waals surface area (Å²) in [5, 5.41) is 0. The average molecular weight is 374 g/mol. The summed E-state index contributed by atoms with van der Waals surface area (Å²) in [6.45, 7) is -0.325. The zero-order valence-corrected chi connectivity index (χ0v) is 14.6. The van der Waals surface area contributed by atoms with Gasteiger partial charge in [-0.3, -0.25) is 0 Å². The molecule has 4 atom stereocenters. The highest BCUT2D eigenvalue weighted by atomic mass is 19.1. The van der Waals surface area contributed by atoms with E-state index in [0.29, 0.717) is 11.1 Å². The predicted octanol–water partition coefficient (Wildman–Crippen LogP) is 2.78. The number of ether oxygens (including phenoxy) is 4. The minimum atomic E-state index is -1.70. The lowest BCUT2D eigenvalue weighted by Crippen LogP contribution is -2.36. The number of methoxy groups -OCH3 is 1. The lowest BCUT2D eigenvalue weighted by Gasteiger charge is -2.18. The third-order valence-corrected chi connectivity index (χ3v) is 4.12. The van der Waals surface area contributed by atoms with Crippen molar-refractivity contribution in [2.24, 2.45) is 0 Å². The summed E-state index contributed by atoms with van der Waals surface area (Å²) in [5.74, 6) is -1.28. The number of halogens is 1. The van der Waals surface area contributed by atoms with Gasteiger partial charge in [-0.05, 0) is 24.3 Å². The molecule has 0 spiro atoms. The van der Waals surface area contributed by atoms with Crippen molar-refractivity contribution < 1.29 is 32.9 Å². The van der Waals surface area contributed by atoms with Gasteiger partial charge in [0.25, 0.3) is 0 Å². The van der Waals surface area contributed by atoms with E-state index in [2.05, 4.69) is 0 Å². The van der Waals surface area contributed by atoms with E-state index in [-0.39, 0.29) is 6.61 Å². The van der Waals surface area contributed by atoms with Gasteiger partial charge >= 0.3 is 11.9 Å². The van der Waals surface area contributed by atoms with E-state index in [1.54, 1.807) is 60.7 Å². The number of rotatable bonds is 6. The zero-order valence-electron chi connectivity index (χ0n) is 14.6. The lowest BCUT2D eigenvalue weighted by atomic mass is 10.1. The summed E-state index contributed by atoms with van der Waals surface area (Å²) in [5.41, 5.74) is 0.639. The van der Waals surface area contributed by atoms with Gasteiger partial charge in [0.1, 0.15) is 12.7 Å². The van der Waals surface area contributed by atoms with E-state index < -0.39 is 36.6 Å². The quantitative estimate of drug-likeness (QED) is 0.724. The van der Waals surface area contributed by atoms with E-state index >= 15 is 0 Å². The van der Waals surface area contributed by atoms with Gasteiger partial charge in [-0.25, -0.2) is 14.0 Å². The molecule has 0 saturated carbocycles. The van der Waals surface area contributed by atoms with Gasteiger partial charge in [0.15, 0.2) is 18.6 Å². The molecule has 142 valence electrons. The van der Waals surface area contributed by atoms with Crippen molar-refractivity contribution >= 4 is 11.9 Å². The number of benzene rings is 2. The van der Waals surface area contributed by atoms with Crippen LogP contribution in [0, 0.1) is 0 Å². The molecule has 1 saturated heterocycles. The Morgan fingerprint density at radius 1 is 0.963 bits per heavy atom. The first-order chi connectivity index (χ1) is 13.1. The molecule has 2 aromatic rings. The SMILES string of the molecule is COC1O[C@H](COC(=O)c2ccccc2)[C@@H](F)[C@H]1OC(=O)c1ccccc1. The number of esters is 2. The van der Waals surface area contributed by atoms with Crippen molar-refractivity contribution in [2.45, 2.75) is 24.7 Å². The molecule has 1 fully saturated rings. The Labute approximate surface area is 155 Å². The van der Waals surface area contributed by atoms with Crippen LogP contribution in [0.5, 0.6) is 0 Å². The molecule has 0 N–H and O–H groups in total. The summed E-state index contributed by atoms with van der Waals surface area (Å²) >= 11 is 0. The van der Waals surface area contributed by atoms with Crippen LogP contribution in [0.1, 0.15) is 20.7 Å². The molecule has 1 unspecified atom stereocenters. The van der Waals surface area contributed by atoms with E-state index in [1.807, 2.05) is 0 Å². The van der Waals surface area contributed by atoms with Gasteiger partial charge in [-0.2, -0.15) is 0 Å². The summed E-state index contributed by atoms with van der Waals surface area (Å²) < 4.78 is 35.6. The van der Waals surface area contributed by atoms with Crippen molar-refractivity contribution in [3.05, 3.63) is 71.8 Å². The highest BCUT2D eigenvalue weighted by Gasteiger charge is 2.48. The number of alkyl halides is 1. The summed E-state index contributed by atoms with van der Waals surface area (Å²) in [4.78, 5) is 24.2. The molecule has 0 bridgehead atoms. The third-order valence-electron chi connectivity index (χ3n) is 4.12. The normalized spacial score (nSPS) is 24.4. The maximum Gasteiger partial charge on any atom is 0.338 e. The van der Waals surface area contributed by atoms with Gasteiger partial charge in [0, 0.05) is 7.11 Å². The van der Waals surface area contributed by atoms with Gasteiger partial charge in [0.05, 0.1) is 11.1 Å². The van der Waals surface area contributed by atoms with Crippen LogP contribution in [0.25, 0.3) is 0 Å². The molecule has 0 radical (unpaired) electrons. The van der Waals surface area contributed by atoms with Crippen LogP contribution < -0.4 is 0 Å². The highest BCUT2D eigenvalue weighted by Crippen LogP contribution is 2.28. The molecular weight excluding hydrogens is 355 g/mol. The average Bonchev–Trinajstić information content (AvgIpc) is 3.02. The van der Waals surface area contributed by atoms with Gasteiger partial charge in [0.2, 0.25) is 0 Å². The maximum atomic E-state index is 14.7. The third kappa shape index (κ3) is 4.50. The Kier molecular flexibility index (Phi) is 6.16. The predicted molar refractivity (Wildman–Crippen MR) is 92.9 cm³/mol. The Bertz CT molecular complexity index is 767. The van der Waals surface area contributed by atoms with Crippen LogP contribution in [0.15, 0.2) is 60.7 Å². The van der Waals surface area contributed by atoms with Crippen LogP contribution >= 0.6 is 0 Å². The Hall–Kier alpha value is -2.77. The molecule has 7 heteroatoms. The molecule has 3 rings (SSSR count). The fraction of sp³-hybridized carbons (Fsp3) is 0.300. The fourth-order valence-corrected chi connectivity index (χ4v) is 2.71. The summed E-state index contributed by atoms with van der Waals surface area (Å²) in [7, 11) is 1.32. The minimum Gasteiger partial charge on any atom is -0.459 e. The van der Waals surface area contributed by atoms with Crippen LogP contribution in [-0.4, -0.2) is 50.3 Å². The van der Waals surface area contributed by atoms with Crippen LogP contribution in [0.2, 0.25) is 0 Å². The van der Waals surface area contributed by atoms with Gasteiger partial charge in [-0.15, -0.1) is 0 Å². The molecule has 0 aromatic heterocycles. The topological polar surface area (TPSA) is 71.1 Å². The smallest absolute Gasteiger partial charge is 0.338 e. The van der Waals surface area contributed by atoms with Crippen molar-refractivity contribution in [3.63, 3.8) is 0 Å². The summed E-state index contributed by atoms with van der Waals surface area (Å²) in [6, 6.07) is 16.6. The van der Waals surface area contributed by atoms with Crippen molar-refractivity contribution in [2.75, 3.05) is 13.7 Å². The molecule has 0 aliphatic carbocycles. The standard InChI is InChI=1S/C20H19FO6/c1-24-20-17(27-19(23)14-10-6-3-7-11-14)16(21)15(26-20)12-25-18(22)13-8-4-2-5-9-13/h2-11,15-17,20H,12H2,1H3/t15-,16-,17-,20?/m1/s1.